The molecule has 2 aliphatic heterocycles. The highest BCUT2D eigenvalue weighted by Crippen LogP contribution is 2.56. The molecule has 0 amide bonds. The van der Waals surface area contributed by atoms with Gasteiger partial charge in [-0.1, -0.05) is 48.9 Å². The Hall–Kier alpha value is -1.10. The molecule has 0 saturated carbocycles. The zero-order valence-corrected chi connectivity index (χ0v) is 15.6. The first-order chi connectivity index (χ1) is 11.6. The number of fused-ring (bicyclic) bond motifs is 1. The smallest absolute Gasteiger partial charge is 0.156 e. The van der Waals surface area contributed by atoms with E-state index in [2.05, 4.69) is 40.3 Å². The van der Waals surface area contributed by atoms with Gasteiger partial charge >= 0.3 is 0 Å². The fourth-order valence-electron chi connectivity index (χ4n) is 4.19. The molecule has 3 atom stereocenters. The van der Waals surface area contributed by atoms with Crippen molar-refractivity contribution in [1.82, 2.24) is 5.32 Å². The molecule has 126 valence electrons. The lowest BCUT2D eigenvalue weighted by Gasteiger charge is -2.39. The van der Waals surface area contributed by atoms with E-state index in [1.54, 1.807) is 0 Å². The van der Waals surface area contributed by atoms with Crippen LogP contribution in [-0.2, 0) is 5.60 Å². The quantitative estimate of drug-likeness (QED) is 0.671. The van der Waals surface area contributed by atoms with Crippen LogP contribution in [0.1, 0.15) is 36.8 Å². The van der Waals surface area contributed by atoms with Gasteiger partial charge in [-0.05, 0) is 40.9 Å². The summed E-state index contributed by atoms with van der Waals surface area (Å²) in [5.41, 5.74) is 1.50. The molecular weight excluding hydrogens is 393 g/mol. The molecule has 5 heteroatoms. The van der Waals surface area contributed by atoms with Crippen LogP contribution >= 0.6 is 27.5 Å². The molecule has 24 heavy (non-hydrogen) atoms. The third-order valence-corrected chi connectivity index (χ3v) is 6.74. The number of hydrogen-bond donors (Lipinski definition) is 1. The maximum absolute atomic E-state index is 14.1. The number of ether oxygens (including phenoxy) is 1. The molecule has 2 aromatic carbocycles. The predicted molar refractivity (Wildman–Crippen MR) is 97.3 cm³/mol. The summed E-state index contributed by atoms with van der Waals surface area (Å²) in [4.78, 5) is 0. The van der Waals surface area contributed by atoms with E-state index in [9.17, 15) is 4.39 Å². The van der Waals surface area contributed by atoms with Gasteiger partial charge in [-0.25, -0.2) is 4.39 Å². The first-order valence-corrected chi connectivity index (χ1v) is 9.38. The van der Waals surface area contributed by atoms with Crippen molar-refractivity contribution in [2.45, 2.75) is 37.3 Å². The van der Waals surface area contributed by atoms with Gasteiger partial charge in [0.25, 0.3) is 0 Å². The third kappa shape index (κ3) is 2.23. The largest absolute Gasteiger partial charge is 0.480 e. The summed E-state index contributed by atoms with van der Waals surface area (Å²) in [6, 6.07) is 11.8. The van der Waals surface area contributed by atoms with Gasteiger partial charge in [-0.15, -0.1) is 0 Å². The van der Waals surface area contributed by atoms with Crippen LogP contribution in [0, 0.1) is 5.82 Å². The molecule has 1 unspecified atom stereocenters. The standard InChI is InChI=1S/C19H18BrClFNO/c1-11-16-14(10-13(22)18(21)17(16)20)24-19(11,15-8-5-9-23-15)12-6-3-2-4-7-12/h2-4,6-7,10-11,15,23H,5,8-9H2,1H3/t11-,15?,19-/m0/s1. The minimum Gasteiger partial charge on any atom is -0.480 e. The molecule has 0 aliphatic carbocycles. The van der Waals surface area contributed by atoms with Gasteiger partial charge in [0.1, 0.15) is 11.6 Å². The van der Waals surface area contributed by atoms with Crippen molar-refractivity contribution in [1.29, 1.82) is 0 Å². The average Bonchev–Trinajstić information content (AvgIpc) is 3.21. The summed E-state index contributed by atoms with van der Waals surface area (Å²) >= 11 is 9.62. The van der Waals surface area contributed by atoms with Gasteiger partial charge in [-0.2, -0.15) is 0 Å². The summed E-state index contributed by atoms with van der Waals surface area (Å²) in [6.45, 7) is 3.11. The van der Waals surface area contributed by atoms with Crippen LogP contribution in [0.2, 0.25) is 5.02 Å². The van der Waals surface area contributed by atoms with Crippen molar-refractivity contribution in [3.05, 3.63) is 62.8 Å². The Labute approximate surface area is 154 Å². The van der Waals surface area contributed by atoms with E-state index in [0.717, 1.165) is 30.5 Å². The van der Waals surface area contributed by atoms with Crippen molar-refractivity contribution < 1.29 is 9.13 Å². The van der Waals surface area contributed by atoms with Gasteiger partial charge < -0.3 is 10.1 Å². The van der Waals surface area contributed by atoms with Crippen molar-refractivity contribution in [2.24, 2.45) is 0 Å². The second kappa shape index (κ2) is 6.01. The van der Waals surface area contributed by atoms with Crippen LogP contribution in [0.15, 0.2) is 40.9 Å². The van der Waals surface area contributed by atoms with Crippen LogP contribution in [0.3, 0.4) is 0 Å². The Kier molecular flexibility index (Phi) is 4.10. The Bertz CT molecular complexity index is 779. The molecule has 0 spiro atoms. The van der Waals surface area contributed by atoms with Crippen LogP contribution in [-0.4, -0.2) is 12.6 Å². The summed E-state index contributed by atoms with van der Waals surface area (Å²) in [6.07, 6.45) is 2.14. The zero-order valence-electron chi connectivity index (χ0n) is 13.3. The second-order valence-electron chi connectivity index (χ2n) is 6.53. The molecule has 1 saturated heterocycles. The van der Waals surface area contributed by atoms with Gasteiger partial charge in [0.2, 0.25) is 0 Å². The molecule has 1 fully saturated rings. The SMILES string of the molecule is C[C@H]1c2c(cc(F)c(Cl)c2Br)O[C@@]1(c1ccccc1)C1CCCN1. The maximum atomic E-state index is 14.1. The van der Waals surface area contributed by atoms with Crippen LogP contribution in [0.4, 0.5) is 4.39 Å². The molecule has 2 nitrogen and oxygen atoms in total. The second-order valence-corrected chi connectivity index (χ2v) is 7.70. The molecular formula is C19H18BrClFNO. The van der Waals surface area contributed by atoms with Gasteiger partial charge in [0.15, 0.2) is 5.60 Å². The maximum Gasteiger partial charge on any atom is 0.156 e. The van der Waals surface area contributed by atoms with E-state index in [1.165, 1.54) is 6.07 Å². The van der Waals surface area contributed by atoms with Crippen molar-refractivity contribution in [2.75, 3.05) is 6.54 Å². The van der Waals surface area contributed by atoms with Crippen LogP contribution < -0.4 is 10.1 Å². The fourth-order valence-corrected chi connectivity index (χ4v) is 5.08. The normalized spacial score (nSPS) is 28.7. The van der Waals surface area contributed by atoms with Crippen LogP contribution in [0.5, 0.6) is 5.75 Å². The van der Waals surface area contributed by atoms with E-state index >= 15 is 0 Å². The Morgan fingerprint density at radius 2 is 2.08 bits per heavy atom. The first-order valence-electron chi connectivity index (χ1n) is 8.21. The highest BCUT2D eigenvalue weighted by molar-refractivity contribution is 9.10. The van der Waals surface area contributed by atoms with E-state index in [4.69, 9.17) is 16.3 Å². The molecule has 4 rings (SSSR count). The highest BCUT2D eigenvalue weighted by atomic mass is 79.9. The van der Waals surface area contributed by atoms with Gasteiger partial charge in [0, 0.05) is 22.0 Å². The van der Waals surface area contributed by atoms with E-state index in [0.29, 0.717) is 10.2 Å². The lowest BCUT2D eigenvalue weighted by atomic mass is 9.74. The van der Waals surface area contributed by atoms with Gasteiger partial charge in [-0.3, -0.25) is 0 Å². The monoisotopic (exact) mass is 409 g/mol. The number of nitrogens with one attached hydrogen (secondary N) is 1. The first kappa shape index (κ1) is 16.4. The Morgan fingerprint density at radius 3 is 2.75 bits per heavy atom. The fraction of sp³-hybridized carbons (Fsp3) is 0.368. The summed E-state index contributed by atoms with van der Waals surface area (Å²) < 4.78 is 21.2. The Balaban J connectivity index is 1.92. The zero-order chi connectivity index (χ0) is 16.9. The average molecular weight is 411 g/mol. The lowest BCUT2D eigenvalue weighted by molar-refractivity contribution is 0.0333. The number of benzene rings is 2. The number of halogens is 3. The summed E-state index contributed by atoms with van der Waals surface area (Å²) in [5.74, 6) is 0.157. The molecule has 2 heterocycles. The third-order valence-electron chi connectivity index (χ3n) is 5.32. The van der Waals surface area contributed by atoms with Crippen molar-refractivity contribution in [3.63, 3.8) is 0 Å². The molecule has 1 N–H and O–H groups in total. The molecule has 0 radical (unpaired) electrons. The highest BCUT2D eigenvalue weighted by Gasteiger charge is 2.54. The summed E-state index contributed by atoms with van der Waals surface area (Å²) in [5, 5.41) is 3.70. The summed E-state index contributed by atoms with van der Waals surface area (Å²) in [7, 11) is 0. The molecule has 2 aliphatic rings. The van der Waals surface area contributed by atoms with Crippen LogP contribution in [0.25, 0.3) is 0 Å². The van der Waals surface area contributed by atoms with Gasteiger partial charge in [0.05, 0.1) is 11.1 Å². The van der Waals surface area contributed by atoms with E-state index in [1.807, 2.05) is 18.2 Å². The van der Waals surface area contributed by atoms with E-state index in [-0.39, 0.29) is 17.0 Å². The predicted octanol–water partition coefficient (Wildman–Crippen LogP) is 5.39. The van der Waals surface area contributed by atoms with E-state index < -0.39 is 11.4 Å². The minimum absolute atomic E-state index is 0.0398. The number of hydrogen-bond acceptors (Lipinski definition) is 2. The Morgan fingerprint density at radius 1 is 1.33 bits per heavy atom. The van der Waals surface area contributed by atoms with Crippen molar-refractivity contribution >= 4 is 27.5 Å². The molecule has 2 aromatic rings. The minimum atomic E-state index is -0.556. The topological polar surface area (TPSA) is 21.3 Å². The molecule has 0 bridgehead atoms. The molecule has 0 aromatic heterocycles. The number of rotatable bonds is 2. The van der Waals surface area contributed by atoms with Crippen molar-refractivity contribution in [3.8, 4) is 5.75 Å². The lowest BCUT2D eigenvalue weighted by Crippen LogP contribution is -2.50.